The average molecular weight is 217 g/mol. The number of hydrogen-bond acceptors (Lipinski definition) is 4. The van der Waals surface area contributed by atoms with Crippen molar-refractivity contribution >= 4 is 10.1 Å². The summed E-state index contributed by atoms with van der Waals surface area (Å²) in [5, 5.41) is 3.09. The van der Waals surface area contributed by atoms with E-state index in [0.717, 1.165) is 0 Å². The van der Waals surface area contributed by atoms with Gasteiger partial charge in [-0.05, 0) is 33.7 Å². The molecule has 0 aliphatic rings. The van der Waals surface area contributed by atoms with Gasteiger partial charge in [-0.15, -0.1) is 0 Å². The molecule has 0 saturated heterocycles. The third kappa shape index (κ3) is 15.6. The largest absolute Gasteiger partial charge is 1.00 e. The van der Waals surface area contributed by atoms with Gasteiger partial charge in [-0.3, -0.25) is 0 Å². The molecule has 0 amide bonds. The zero-order chi connectivity index (χ0) is 9.83. The Morgan fingerprint density at radius 2 is 1.77 bits per heavy atom. The average Bonchev–Trinajstić information content (AvgIpc) is 1.76. The molecule has 0 aromatic heterocycles. The van der Waals surface area contributed by atoms with Crippen molar-refractivity contribution in [2.24, 2.45) is 0 Å². The molecule has 1 N–H and O–H groups in total. The maximum absolute atomic E-state index is 10.2. The molecule has 0 aromatic carbocycles. The zero-order valence-corrected chi connectivity index (χ0v) is 11.6. The van der Waals surface area contributed by atoms with Crippen LogP contribution in [0.3, 0.4) is 0 Å². The van der Waals surface area contributed by atoms with E-state index in [4.69, 9.17) is 0 Å². The molecule has 0 radical (unpaired) electrons. The summed E-state index contributed by atoms with van der Waals surface area (Å²) in [6.07, 6.45) is 0.378. The summed E-state index contributed by atoms with van der Waals surface area (Å²) >= 11 is 0. The van der Waals surface area contributed by atoms with Crippen LogP contribution in [0.2, 0.25) is 0 Å². The van der Waals surface area contributed by atoms with Crippen LogP contribution in [0, 0.1) is 0 Å². The fourth-order valence-electron chi connectivity index (χ4n) is 0.712. The first-order chi connectivity index (χ1) is 5.21. The third-order valence-electron chi connectivity index (χ3n) is 1.23. The predicted molar refractivity (Wildman–Crippen MR) is 46.9 cm³/mol. The SMILES string of the molecule is CC(C)(C)NCCCS(=O)(=O)[O-].[Na+]. The third-order valence-corrected chi connectivity index (χ3v) is 2.02. The second kappa shape index (κ2) is 6.37. The fraction of sp³-hybridized carbons (Fsp3) is 1.00. The van der Waals surface area contributed by atoms with E-state index >= 15 is 0 Å². The summed E-state index contributed by atoms with van der Waals surface area (Å²) < 4.78 is 30.5. The van der Waals surface area contributed by atoms with Crippen molar-refractivity contribution in [1.82, 2.24) is 5.32 Å². The minimum absolute atomic E-state index is 0. The van der Waals surface area contributed by atoms with Crippen molar-refractivity contribution in [3.63, 3.8) is 0 Å². The maximum atomic E-state index is 10.2. The van der Waals surface area contributed by atoms with Crippen LogP contribution < -0.4 is 34.9 Å². The molecule has 0 saturated carbocycles. The van der Waals surface area contributed by atoms with Gasteiger partial charge in [0.2, 0.25) is 0 Å². The minimum Gasteiger partial charge on any atom is -0.748 e. The van der Waals surface area contributed by atoms with E-state index in [0.29, 0.717) is 13.0 Å². The molecule has 0 spiro atoms. The molecule has 13 heavy (non-hydrogen) atoms. The van der Waals surface area contributed by atoms with Crippen LogP contribution in [0.15, 0.2) is 0 Å². The van der Waals surface area contributed by atoms with Crippen molar-refractivity contribution < 1.29 is 42.5 Å². The van der Waals surface area contributed by atoms with Gasteiger partial charge in [0.25, 0.3) is 0 Å². The van der Waals surface area contributed by atoms with Crippen molar-refractivity contribution in [2.45, 2.75) is 32.7 Å². The summed E-state index contributed by atoms with van der Waals surface area (Å²) in [7, 11) is -4.03. The van der Waals surface area contributed by atoms with E-state index in [-0.39, 0.29) is 40.8 Å². The molecule has 6 heteroatoms. The standard InChI is InChI=1S/C7H17NO3S.Na/c1-7(2,3)8-5-4-6-12(9,10)11;/h8H,4-6H2,1-3H3,(H,9,10,11);/q;+1/p-1. The van der Waals surface area contributed by atoms with E-state index in [1.807, 2.05) is 20.8 Å². The van der Waals surface area contributed by atoms with E-state index in [1.54, 1.807) is 0 Å². The molecule has 0 heterocycles. The number of rotatable bonds is 4. The van der Waals surface area contributed by atoms with Crippen LogP contribution in [-0.4, -0.2) is 30.8 Å². The summed E-state index contributed by atoms with van der Waals surface area (Å²) in [6, 6.07) is 0. The molecule has 4 nitrogen and oxygen atoms in total. The Labute approximate surface area is 103 Å². The van der Waals surface area contributed by atoms with E-state index in [1.165, 1.54) is 0 Å². The molecule has 0 fully saturated rings. The zero-order valence-electron chi connectivity index (χ0n) is 8.75. The monoisotopic (exact) mass is 217 g/mol. The Bertz CT molecular complexity index is 220. The van der Waals surface area contributed by atoms with Crippen LogP contribution >= 0.6 is 0 Å². The second-order valence-electron chi connectivity index (χ2n) is 3.79. The molecular formula is C7H16NNaO3S. The fourth-order valence-corrected chi connectivity index (χ4v) is 1.21. The molecule has 0 aromatic rings. The summed E-state index contributed by atoms with van der Waals surface area (Å²) in [4.78, 5) is 0. The molecule has 74 valence electrons. The van der Waals surface area contributed by atoms with Gasteiger partial charge in [0.1, 0.15) is 0 Å². The first-order valence-corrected chi connectivity index (χ1v) is 5.47. The number of nitrogens with one attached hydrogen (secondary N) is 1. The molecule has 0 rings (SSSR count). The first kappa shape index (κ1) is 16.3. The van der Waals surface area contributed by atoms with Crippen molar-refractivity contribution in [2.75, 3.05) is 12.3 Å². The quantitative estimate of drug-likeness (QED) is 0.316. The smallest absolute Gasteiger partial charge is 0.748 e. The van der Waals surface area contributed by atoms with Gasteiger partial charge < -0.3 is 9.87 Å². The van der Waals surface area contributed by atoms with Gasteiger partial charge in [0.05, 0.1) is 10.1 Å². The first-order valence-electron chi connectivity index (χ1n) is 3.89. The molecule has 0 aliphatic carbocycles. The Kier molecular flexibility index (Phi) is 7.99. The van der Waals surface area contributed by atoms with E-state index in [2.05, 4.69) is 5.32 Å². The van der Waals surface area contributed by atoms with Crippen LogP contribution in [0.25, 0.3) is 0 Å². The molecule has 0 unspecified atom stereocenters. The van der Waals surface area contributed by atoms with Crippen LogP contribution in [0.1, 0.15) is 27.2 Å². The van der Waals surface area contributed by atoms with Gasteiger partial charge in [-0.2, -0.15) is 0 Å². The second-order valence-corrected chi connectivity index (χ2v) is 5.32. The van der Waals surface area contributed by atoms with Gasteiger partial charge in [-0.1, -0.05) is 0 Å². The Balaban J connectivity index is 0. The van der Waals surface area contributed by atoms with Gasteiger partial charge >= 0.3 is 29.6 Å². The van der Waals surface area contributed by atoms with Gasteiger partial charge in [-0.25, -0.2) is 8.42 Å². The molecule has 0 atom stereocenters. The molecule has 0 bridgehead atoms. The number of hydrogen-bond donors (Lipinski definition) is 1. The van der Waals surface area contributed by atoms with Crippen LogP contribution in [0.4, 0.5) is 0 Å². The van der Waals surface area contributed by atoms with Gasteiger partial charge in [0.15, 0.2) is 0 Å². The summed E-state index contributed by atoms with van der Waals surface area (Å²) in [5.74, 6) is -0.282. The summed E-state index contributed by atoms with van der Waals surface area (Å²) in [6.45, 7) is 6.51. The van der Waals surface area contributed by atoms with E-state index in [9.17, 15) is 13.0 Å². The van der Waals surface area contributed by atoms with Crippen molar-refractivity contribution in [1.29, 1.82) is 0 Å². The Morgan fingerprint density at radius 3 is 2.08 bits per heavy atom. The Morgan fingerprint density at radius 1 is 1.31 bits per heavy atom. The van der Waals surface area contributed by atoms with Gasteiger partial charge in [0, 0.05) is 11.3 Å². The minimum atomic E-state index is -4.03. The maximum Gasteiger partial charge on any atom is 1.00 e. The topological polar surface area (TPSA) is 69.2 Å². The van der Waals surface area contributed by atoms with Crippen molar-refractivity contribution in [3.8, 4) is 0 Å². The molecule has 0 aliphatic heterocycles. The normalized spacial score (nSPS) is 12.3. The predicted octanol–water partition coefficient (Wildman–Crippen LogP) is -2.69. The van der Waals surface area contributed by atoms with Crippen molar-refractivity contribution in [3.05, 3.63) is 0 Å². The van der Waals surface area contributed by atoms with E-state index < -0.39 is 10.1 Å². The van der Waals surface area contributed by atoms with Crippen LogP contribution in [0.5, 0.6) is 0 Å². The Hall–Kier alpha value is 0.870. The van der Waals surface area contributed by atoms with Crippen LogP contribution in [-0.2, 0) is 10.1 Å². The molecular weight excluding hydrogens is 201 g/mol. The summed E-state index contributed by atoms with van der Waals surface area (Å²) in [5.41, 5.74) is -0.0212.